The van der Waals surface area contributed by atoms with Crippen LogP contribution >= 0.6 is 11.6 Å². The Bertz CT molecular complexity index is 700. The number of hydrogen-bond acceptors (Lipinski definition) is 3. The van der Waals surface area contributed by atoms with Gasteiger partial charge in [-0.3, -0.25) is 9.78 Å². The number of anilines is 2. The molecule has 1 aliphatic carbocycles. The molecule has 1 N–H and O–H groups in total. The first-order valence-corrected chi connectivity index (χ1v) is 7.14. The lowest BCUT2D eigenvalue weighted by Gasteiger charge is -2.29. The predicted octanol–water partition coefficient (Wildman–Crippen LogP) is 3.08. The molecule has 1 aliphatic rings. The van der Waals surface area contributed by atoms with Crippen molar-refractivity contribution < 1.29 is 4.79 Å². The SMILES string of the molecule is CN(C)c1ccncc1NC(=O)C1Cc2ccc(Cl)cc21. The molecule has 0 spiro atoms. The fourth-order valence-electron chi connectivity index (χ4n) is 2.60. The van der Waals surface area contributed by atoms with Gasteiger partial charge in [-0.05, 0) is 35.7 Å². The summed E-state index contributed by atoms with van der Waals surface area (Å²) in [6.07, 6.45) is 4.14. The second kappa shape index (κ2) is 5.37. The van der Waals surface area contributed by atoms with Gasteiger partial charge in [-0.25, -0.2) is 0 Å². The molecular weight excluding hydrogens is 286 g/mol. The number of carbonyl (C=O) groups excluding carboxylic acids is 1. The molecule has 5 heteroatoms. The first-order valence-electron chi connectivity index (χ1n) is 6.77. The average Bonchev–Trinajstić information content (AvgIpc) is 2.43. The van der Waals surface area contributed by atoms with E-state index in [-0.39, 0.29) is 11.8 Å². The van der Waals surface area contributed by atoms with Crippen molar-refractivity contribution in [1.82, 2.24) is 4.98 Å². The Morgan fingerprint density at radius 2 is 2.19 bits per heavy atom. The van der Waals surface area contributed by atoms with Gasteiger partial charge < -0.3 is 10.2 Å². The van der Waals surface area contributed by atoms with E-state index in [2.05, 4.69) is 10.3 Å². The molecule has 2 aromatic rings. The Hall–Kier alpha value is -2.07. The summed E-state index contributed by atoms with van der Waals surface area (Å²) in [5.74, 6) is -0.144. The van der Waals surface area contributed by atoms with Crippen LogP contribution in [-0.2, 0) is 11.2 Å². The number of carbonyl (C=O) groups is 1. The van der Waals surface area contributed by atoms with Crippen LogP contribution < -0.4 is 10.2 Å². The zero-order chi connectivity index (χ0) is 15.0. The largest absolute Gasteiger partial charge is 0.376 e. The number of amides is 1. The quantitative estimate of drug-likeness (QED) is 0.947. The van der Waals surface area contributed by atoms with Gasteiger partial charge in [0.2, 0.25) is 5.91 Å². The topological polar surface area (TPSA) is 45.2 Å². The van der Waals surface area contributed by atoms with Crippen molar-refractivity contribution in [2.24, 2.45) is 0 Å². The van der Waals surface area contributed by atoms with Crippen molar-refractivity contribution in [2.45, 2.75) is 12.3 Å². The maximum absolute atomic E-state index is 12.4. The number of fused-ring (bicyclic) bond motifs is 1. The van der Waals surface area contributed by atoms with E-state index >= 15 is 0 Å². The van der Waals surface area contributed by atoms with E-state index in [1.54, 1.807) is 12.4 Å². The molecule has 0 radical (unpaired) electrons. The van der Waals surface area contributed by atoms with Crippen molar-refractivity contribution in [3.63, 3.8) is 0 Å². The number of aromatic nitrogens is 1. The summed E-state index contributed by atoms with van der Waals surface area (Å²) >= 11 is 6.00. The zero-order valence-electron chi connectivity index (χ0n) is 11.9. The van der Waals surface area contributed by atoms with Crippen molar-refractivity contribution in [3.05, 3.63) is 52.8 Å². The van der Waals surface area contributed by atoms with Crippen LogP contribution in [0.1, 0.15) is 17.0 Å². The first-order chi connectivity index (χ1) is 10.1. The molecule has 1 aromatic heterocycles. The molecule has 0 saturated heterocycles. The van der Waals surface area contributed by atoms with Crippen molar-refractivity contribution >= 4 is 28.9 Å². The van der Waals surface area contributed by atoms with Gasteiger partial charge in [-0.1, -0.05) is 17.7 Å². The molecule has 4 nitrogen and oxygen atoms in total. The van der Waals surface area contributed by atoms with E-state index in [9.17, 15) is 4.79 Å². The van der Waals surface area contributed by atoms with Crippen LogP contribution in [0.3, 0.4) is 0 Å². The van der Waals surface area contributed by atoms with Crippen LogP contribution in [0.15, 0.2) is 36.7 Å². The lowest BCUT2D eigenvalue weighted by molar-refractivity contribution is -0.118. The molecule has 21 heavy (non-hydrogen) atoms. The third-order valence-electron chi connectivity index (χ3n) is 3.76. The Morgan fingerprint density at radius 3 is 2.95 bits per heavy atom. The average molecular weight is 302 g/mol. The summed E-state index contributed by atoms with van der Waals surface area (Å²) in [5.41, 5.74) is 3.88. The van der Waals surface area contributed by atoms with E-state index in [1.165, 1.54) is 5.56 Å². The summed E-state index contributed by atoms with van der Waals surface area (Å²) in [5, 5.41) is 3.64. The Kier molecular flexibility index (Phi) is 3.55. The van der Waals surface area contributed by atoms with E-state index in [0.717, 1.165) is 23.4 Å². The molecule has 0 aliphatic heterocycles. The van der Waals surface area contributed by atoms with Gasteiger partial charge in [0.15, 0.2) is 0 Å². The number of hydrogen-bond donors (Lipinski definition) is 1. The highest BCUT2D eigenvalue weighted by molar-refractivity contribution is 6.30. The highest BCUT2D eigenvalue weighted by atomic mass is 35.5. The molecule has 3 rings (SSSR count). The Labute approximate surface area is 128 Å². The van der Waals surface area contributed by atoms with Crippen LogP contribution in [0.2, 0.25) is 5.02 Å². The van der Waals surface area contributed by atoms with E-state index in [4.69, 9.17) is 11.6 Å². The lowest BCUT2D eigenvalue weighted by Crippen LogP contribution is -2.30. The van der Waals surface area contributed by atoms with Crippen molar-refractivity contribution in [3.8, 4) is 0 Å². The zero-order valence-corrected chi connectivity index (χ0v) is 12.7. The molecule has 1 amide bonds. The number of rotatable bonds is 3. The normalized spacial score (nSPS) is 15.9. The van der Waals surface area contributed by atoms with Gasteiger partial charge in [0.05, 0.1) is 23.5 Å². The molecule has 1 heterocycles. The number of halogens is 1. The van der Waals surface area contributed by atoms with Crippen LogP contribution in [0.25, 0.3) is 0 Å². The summed E-state index contributed by atoms with van der Waals surface area (Å²) < 4.78 is 0. The van der Waals surface area contributed by atoms with Crippen LogP contribution in [-0.4, -0.2) is 25.0 Å². The molecule has 1 atom stereocenters. The highest BCUT2D eigenvalue weighted by Gasteiger charge is 2.32. The van der Waals surface area contributed by atoms with Crippen LogP contribution in [0, 0.1) is 0 Å². The summed E-state index contributed by atoms with van der Waals surface area (Å²) in [4.78, 5) is 18.5. The maximum Gasteiger partial charge on any atom is 0.232 e. The Morgan fingerprint density at radius 1 is 1.38 bits per heavy atom. The summed E-state index contributed by atoms with van der Waals surface area (Å²) in [6.45, 7) is 0. The third-order valence-corrected chi connectivity index (χ3v) is 4.00. The lowest BCUT2D eigenvalue weighted by atomic mass is 9.77. The molecule has 0 fully saturated rings. The second-order valence-electron chi connectivity index (χ2n) is 5.38. The third kappa shape index (κ3) is 2.59. The predicted molar refractivity (Wildman–Crippen MR) is 85.1 cm³/mol. The smallest absolute Gasteiger partial charge is 0.232 e. The molecule has 1 unspecified atom stereocenters. The van der Waals surface area contributed by atoms with Crippen LogP contribution in [0.5, 0.6) is 0 Å². The maximum atomic E-state index is 12.4. The number of benzene rings is 1. The summed E-state index contributed by atoms with van der Waals surface area (Å²) in [6, 6.07) is 7.60. The van der Waals surface area contributed by atoms with Gasteiger partial charge >= 0.3 is 0 Å². The minimum absolute atomic E-state index is 0.0131. The van der Waals surface area contributed by atoms with Crippen molar-refractivity contribution in [1.29, 1.82) is 0 Å². The fourth-order valence-corrected chi connectivity index (χ4v) is 2.78. The molecule has 0 saturated carbocycles. The van der Waals surface area contributed by atoms with E-state index in [1.807, 2.05) is 43.3 Å². The minimum Gasteiger partial charge on any atom is -0.376 e. The second-order valence-corrected chi connectivity index (χ2v) is 5.81. The summed E-state index contributed by atoms with van der Waals surface area (Å²) in [7, 11) is 3.87. The van der Waals surface area contributed by atoms with Gasteiger partial charge in [0.25, 0.3) is 0 Å². The first kappa shape index (κ1) is 13.9. The molecule has 0 bridgehead atoms. The number of nitrogens with zero attached hydrogens (tertiary/aromatic N) is 2. The number of pyridine rings is 1. The standard InChI is InChI=1S/C16H16ClN3O/c1-20(2)15-5-6-18-9-14(15)19-16(21)13-7-10-3-4-11(17)8-12(10)13/h3-6,8-9,13H,7H2,1-2H3,(H,19,21). The Balaban J connectivity index is 1.80. The van der Waals surface area contributed by atoms with Gasteiger partial charge in [-0.2, -0.15) is 0 Å². The van der Waals surface area contributed by atoms with E-state index < -0.39 is 0 Å². The molecule has 108 valence electrons. The molecular formula is C16H16ClN3O. The fraction of sp³-hybridized carbons (Fsp3) is 0.250. The van der Waals surface area contributed by atoms with E-state index in [0.29, 0.717) is 5.02 Å². The monoisotopic (exact) mass is 301 g/mol. The molecule has 1 aromatic carbocycles. The van der Waals surface area contributed by atoms with Gasteiger partial charge in [-0.15, -0.1) is 0 Å². The minimum atomic E-state index is -0.131. The van der Waals surface area contributed by atoms with Crippen molar-refractivity contribution in [2.75, 3.05) is 24.3 Å². The number of nitrogens with one attached hydrogen (secondary N) is 1. The van der Waals surface area contributed by atoms with Gasteiger partial charge in [0.1, 0.15) is 0 Å². The highest BCUT2D eigenvalue weighted by Crippen LogP contribution is 2.38. The van der Waals surface area contributed by atoms with Gasteiger partial charge in [0, 0.05) is 25.3 Å². The van der Waals surface area contributed by atoms with Crippen LogP contribution in [0.4, 0.5) is 11.4 Å².